The molecular weight excluding hydrogens is 268 g/mol. The summed E-state index contributed by atoms with van der Waals surface area (Å²) in [7, 11) is 0. The monoisotopic (exact) mass is 302 g/mol. The van der Waals surface area contributed by atoms with E-state index in [1.165, 1.54) is 44.9 Å². The fourth-order valence-corrected chi connectivity index (χ4v) is 5.77. The minimum absolute atomic E-state index is 0.394. The van der Waals surface area contributed by atoms with Gasteiger partial charge in [0.2, 0.25) is 0 Å². The largest absolute Gasteiger partial charge is 0.495 e. The van der Waals surface area contributed by atoms with Crippen LogP contribution in [0.1, 0.15) is 72.1 Å². The fourth-order valence-electron chi connectivity index (χ4n) is 5.77. The van der Waals surface area contributed by atoms with Crippen molar-refractivity contribution in [1.82, 2.24) is 0 Å². The average Bonchev–Trinajstić information content (AvgIpc) is 2.49. The quantitative estimate of drug-likeness (QED) is 0.449. The van der Waals surface area contributed by atoms with Crippen LogP contribution in [0.4, 0.5) is 0 Å². The van der Waals surface area contributed by atoms with Gasteiger partial charge in [0.1, 0.15) is 6.10 Å². The Morgan fingerprint density at radius 1 is 1.23 bits per heavy atom. The molecule has 22 heavy (non-hydrogen) atoms. The zero-order valence-corrected chi connectivity index (χ0v) is 14.8. The Hall–Kier alpha value is -0.720. The minimum Gasteiger partial charge on any atom is -0.495 e. The Morgan fingerprint density at radius 2 is 2.05 bits per heavy atom. The van der Waals surface area contributed by atoms with Crippen molar-refractivity contribution in [2.45, 2.75) is 78.2 Å². The Labute approximate surface area is 137 Å². The van der Waals surface area contributed by atoms with Crippen LogP contribution in [0.15, 0.2) is 24.0 Å². The molecule has 2 saturated carbocycles. The Kier molecular flexibility index (Phi) is 5.00. The molecule has 6 unspecified atom stereocenters. The van der Waals surface area contributed by atoms with Crippen LogP contribution in [0.25, 0.3) is 0 Å². The van der Waals surface area contributed by atoms with Gasteiger partial charge >= 0.3 is 0 Å². The summed E-state index contributed by atoms with van der Waals surface area (Å²) in [6.07, 6.45) is 13.8. The molecule has 0 aliphatic heterocycles. The molecule has 0 amide bonds. The van der Waals surface area contributed by atoms with Crippen molar-refractivity contribution < 1.29 is 4.74 Å². The van der Waals surface area contributed by atoms with E-state index in [2.05, 4.69) is 26.5 Å². The first-order valence-electron chi connectivity index (χ1n) is 9.61. The maximum absolute atomic E-state index is 5.92. The van der Waals surface area contributed by atoms with Crippen LogP contribution in [-0.2, 0) is 4.74 Å². The molecule has 0 heterocycles. The van der Waals surface area contributed by atoms with Crippen LogP contribution in [0.3, 0.4) is 0 Å². The van der Waals surface area contributed by atoms with Gasteiger partial charge in [-0.25, -0.2) is 0 Å². The topological polar surface area (TPSA) is 9.23 Å². The summed E-state index contributed by atoms with van der Waals surface area (Å²) in [5.74, 6) is 5.61. The zero-order valence-electron chi connectivity index (χ0n) is 14.8. The third kappa shape index (κ3) is 3.14. The second kappa shape index (κ2) is 6.81. The first-order valence-corrected chi connectivity index (χ1v) is 9.61. The summed E-state index contributed by atoms with van der Waals surface area (Å²) in [5, 5.41) is 0. The first kappa shape index (κ1) is 16.1. The summed E-state index contributed by atoms with van der Waals surface area (Å²) in [4.78, 5) is 0. The summed E-state index contributed by atoms with van der Waals surface area (Å²) >= 11 is 0. The van der Waals surface area contributed by atoms with Crippen molar-refractivity contribution in [1.29, 1.82) is 0 Å². The van der Waals surface area contributed by atoms with Crippen LogP contribution < -0.4 is 0 Å². The number of rotatable bonds is 4. The number of ether oxygens (including phenoxy) is 1. The molecule has 3 aliphatic rings. The van der Waals surface area contributed by atoms with Crippen molar-refractivity contribution in [3.8, 4) is 0 Å². The lowest BCUT2D eigenvalue weighted by Crippen LogP contribution is -2.42. The van der Waals surface area contributed by atoms with E-state index < -0.39 is 0 Å². The third-order valence-electron chi connectivity index (χ3n) is 6.68. The Balaban J connectivity index is 1.72. The number of hydrogen-bond donors (Lipinski definition) is 0. The lowest BCUT2D eigenvalue weighted by atomic mass is 9.56. The molecule has 3 rings (SSSR count). The molecule has 1 nitrogen and oxygen atoms in total. The van der Waals surface area contributed by atoms with Crippen LogP contribution in [0, 0.1) is 29.6 Å². The van der Waals surface area contributed by atoms with E-state index in [1.807, 2.05) is 6.92 Å². The van der Waals surface area contributed by atoms with Gasteiger partial charge in [0.05, 0.1) is 5.76 Å². The molecular formula is C21H34O. The van der Waals surface area contributed by atoms with Gasteiger partial charge in [-0.15, -0.1) is 0 Å². The van der Waals surface area contributed by atoms with Crippen molar-refractivity contribution >= 4 is 0 Å². The van der Waals surface area contributed by atoms with Gasteiger partial charge in [0, 0.05) is 6.42 Å². The smallest absolute Gasteiger partial charge is 0.102 e. The van der Waals surface area contributed by atoms with Crippen molar-refractivity contribution in [2.24, 2.45) is 29.6 Å². The molecule has 0 bridgehead atoms. The van der Waals surface area contributed by atoms with Crippen LogP contribution in [0.5, 0.6) is 0 Å². The molecule has 0 radical (unpaired) electrons. The van der Waals surface area contributed by atoms with Crippen molar-refractivity contribution in [3.63, 3.8) is 0 Å². The fraction of sp³-hybridized carbons (Fsp3) is 0.810. The first-order chi connectivity index (χ1) is 10.6. The lowest BCUT2D eigenvalue weighted by molar-refractivity contribution is 0.0249. The predicted octanol–water partition coefficient (Wildman–Crippen LogP) is 6.11. The van der Waals surface area contributed by atoms with Crippen molar-refractivity contribution in [3.05, 3.63) is 24.0 Å². The molecule has 0 saturated heterocycles. The summed E-state index contributed by atoms with van der Waals surface area (Å²) in [6, 6.07) is 0. The summed E-state index contributed by atoms with van der Waals surface area (Å²) in [5.41, 5.74) is 1.73. The van der Waals surface area contributed by atoms with E-state index in [9.17, 15) is 0 Å². The highest BCUT2D eigenvalue weighted by Gasteiger charge is 2.44. The molecule has 0 aromatic rings. The van der Waals surface area contributed by atoms with E-state index >= 15 is 0 Å². The van der Waals surface area contributed by atoms with Gasteiger partial charge < -0.3 is 4.74 Å². The minimum atomic E-state index is 0.394. The summed E-state index contributed by atoms with van der Waals surface area (Å²) in [6.45, 7) is 10.8. The van der Waals surface area contributed by atoms with Crippen molar-refractivity contribution in [2.75, 3.05) is 0 Å². The lowest BCUT2D eigenvalue weighted by Gasteiger charge is -2.50. The van der Waals surface area contributed by atoms with Crippen LogP contribution in [0.2, 0.25) is 0 Å². The number of hydrogen-bond acceptors (Lipinski definition) is 1. The molecule has 0 aromatic carbocycles. The van der Waals surface area contributed by atoms with Gasteiger partial charge in [-0.3, -0.25) is 0 Å². The molecule has 2 fully saturated rings. The maximum atomic E-state index is 5.92. The van der Waals surface area contributed by atoms with Gasteiger partial charge in [-0.1, -0.05) is 51.3 Å². The second-order valence-corrected chi connectivity index (χ2v) is 8.18. The summed E-state index contributed by atoms with van der Waals surface area (Å²) < 4.78 is 5.92. The Morgan fingerprint density at radius 3 is 2.77 bits per heavy atom. The third-order valence-corrected chi connectivity index (χ3v) is 6.68. The number of allylic oxidation sites excluding steroid dienone is 2. The predicted molar refractivity (Wildman–Crippen MR) is 93.5 cm³/mol. The SMILES string of the molecule is C=C(C)OC1CCC2C(=CCC3C(CCC)C(C)CCC23)C1. The molecule has 1 heteroatoms. The van der Waals surface area contributed by atoms with E-state index in [-0.39, 0.29) is 0 Å². The zero-order chi connectivity index (χ0) is 15.7. The van der Waals surface area contributed by atoms with Crippen LogP contribution in [-0.4, -0.2) is 6.10 Å². The molecule has 3 aliphatic carbocycles. The molecule has 6 atom stereocenters. The Bertz CT molecular complexity index is 435. The molecule has 0 spiro atoms. The van der Waals surface area contributed by atoms with Gasteiger partial charge in [0.15, 0.2) is 0 Å². The average molecular weight is 303 g/mol. The second-order valence-electron chi connectivity index (χ2n) is 8.18. The van der Waals surface area contributed by atoms with Crippen LogP contribution >= 0.6 is 0 Å². The molecule has 0 N–H and O–H groups in total. The van der Waals surface area contributed by atoms with Gasteiger partial charge in [-0.05, 0) is 62.2 Å². The molecule has 124 valence electrons. The highest BCUT2D eigenvalue weighted by molar-refractivity contribution is 5.18. The van der Waals surface area contributed by atoms with E-state index in [0.717, 1.165) is 41.8 Å². The van der Waals surface area contributed by atoms with Gasteiger partial charge in [-0.2, -0.15) is 0 Å². The van der Waals surface area contributed by atoms with E-state index in [0.29, 0.717) is 6.10 Å². The van der Waals surface area contributed by atoms with E-state index in [4.69, 9.17) is 4.74 Å². The normalized spacial score (nSPS) is 41.1. The van der Waals surface area contributed by atoms with Gasteiger partial charge in [0.25, 0.3) is 0 Å². The maximum Gasteiger partial charge on any atom is 0.102 e. The highest BCUT2D eigenvalue weighted by Crippen LogP contribution is 2.53. The highest BCUT2D eigenvalue weighted by atomic mass is 16.5. The van der Waals surface area contributed by atoms with E-state index in [1.54, 1.807) is 5.57 Å². The molecule has 0 aromatic heterocycles. The standard InChI is InChI=1S/C21H34O/c1-5-6-18-15(4)7-10-21-19-12-9-17(22-14(2)3)13-16(19)8-11-20(18)21/h8,15,17-21H,2,5-7,9-13H2,1,3-4H3. The number of fused-ring (bicyclic) bond motifs is 3.